The van der Waals surface area contributed by atoms with E-state index in [-0.39, 0.29) is 0 Å². The Morgan fingerprint density at radius 1 is 0.762 bits per heavy atom. The number of allylic oxidation sites excluding steroid dienone is 5. The summed E-state index contributed by atoms with van der Waals surface area (Å²) in [6, 6.07) is 38.0. The van der Waals surface area contributed by atoms with Gasteiger partial charge in [0.25, 0.3) is 0 Å². The van der Waals surface area contributed by atoms with Gasteiger partial charge in [0.05, 0.1) is 0 Å². The van der Waals surface area contributed by atoms with Gasteiger partial charge in [-0.2, -0.15) is 0 Å². The van der Waals surface area contributed by atoms with Crippen molar-refractivity contribution < 1.29 is 22.7 Å². The van der Waals surface area contributed by atoms with Gasteiger partial charge in [0.1, 0.15) is 0 Å². The standard InChI is InChI=1S/C37H31OPS2.Os/c1-4-15-33-23-36-37(40-33)24-35(41-36)34(22-29-26-38-25-28(29)5-2)27(3)39(30-16-9-6-10-17-30,31-18-11-7-12-19-31)32-20-13-8-14-21-32;/h4-24H,25-26H2,1-2H3;/q+1;/b15-4+,28-5?,29-22?,34-27?;. The summed E-state index contributed by atoms with van der Waals surface area (Å²) >= 11 is 5.58. The molecule has 0 unspecified atom stereocenters. The van der Waals surface area contributed by atoms with E-state index in [4.69, 9.17) is 4.74 Å². The average molecular weight is 777 g/mol. The van der Waals surface area contributed by atoms with E-state index in [0.717, 1.165) is 0 Å². The molecule has 0 spiro atoms. The SMILES string of the molecule is CC=C1COCC1=CC(=C([C]#[Os])[P+](c1ccccc1)(c1ccccc1)c1ccccc1)c1cc2sc(/C=C/C)cc2s1. The summed E-state index contributed by atoms with van der Waals surface area (Å²) in [4.78, 5) is 2.57. The van der Waals surface area contributed by atoms with Gasteiger partial charge in [-0.25, -0.2) is 0 Å². The molecule has 0 bridgehead atoms. The maximum atomic E-state index is 5.97. The van der Waals surface area contributed by atoms with Crippen LogP contribution in [0.1, 0.15) is 23.6 Å². The second kappa shape index (κ2) is 13.2. The Morgan fingerprint density at radius 3 is 1.81 bits per heavy atom. The van der Waals surface area contributed by atoms with Crippen LogP contribution < -0.4 is 15.9 Å². The monoisotopic (exact) mass is 778 g/mol. The fraction of sp³-hybridized carbons (Fsp3) is 0.108. The van der Waals surface area contributed by atoms with Crippen molar-refractivity contribution in [2.24, 2.45) is 0 Å². The van der Waals surface area contributed by atoms with Crippen molar-refractivity contribution >= 4 is 66.9 Å². The number of hydrogen-bond donors (Lipinski definition) is 0. The van der Waals surface area contributed by atoms with Gasteiger partial charge in [0.2, 0.25) is 0 Å². The van der Waals surface area contributed by atoms with Gasteiger partial charge in [0.15, 0.2) is 0 Å². The molecular weight excluding hydrogens is 746 g/mol. The van der Waals surface area contributed by atoms with E-state index in [9.17, 15) is 0 Å². The first-order valence-corrected chi connectivity index (χ1v) is 18.6. The van der Waals surface area contributed by atoms with Crippen molar-refractivity contribution in [1.82, 2.24) is 0 Å². The van der Waals surface area contributed by atoms with Gasteiger partial charge in [-0.1, -0.05) is 0 Å². The molecule has 0 atom stereocenters. The molecule has 209 valence electrons. The van der Waals surface area contributed by atoms with E-state index in [1.807, 2.05) is 40.6 Å². The quantitative estimate of drug-likeness (QED) is 0.150. The first-order chi connectivity index (χ1) is 20.7. The Kier molecular flexibility index (Phi) is 9.14. The van der Waals surface area contributed by atoms with Gasteiger partial charge in [-0.15, -0.1) is 0 Å². The van der Waals surface area contributed by atoms with Crippen molar-refractivity contribution in [2.75, 3.05) is 13.2 Å². The molecule has 0 radical (unpaired) electrons. The number of hydrogen-bond acceptors (Lipinski definition) is 3. The topological polar surface area (TPSA) is 9.23 Å². The average Bonchev–Trinajstić information content (AvgIpc) is 3.76. The van der Waals surface area contributed by atoms with Crippen LogP contribution in [0.2, 0.25) is 0 Å². The van der Waals surface area contributed by atoms with Gasteiger partial charge < -0.3 is 0 Å². The van der Waals surface area contributed by atoms with E-state index in [2.05, 4.69) is 146 Å². The zero-order chi connectivity index (χ0) is 28.9. The summed E-state index contributed by atoms with van der Waals surface area (Å²) in [5.74, 6) is 0. The first-order valence-electron chi connectivity index (χ1n) is 14.0. The molecule has 1 saturated heterocycles. The molecular formula is C37H31OOsPS2+. The first kappa shape index (κ1) is 29.2. The molecule has 42 heavy (non-hydrogen) atoms. The normalized spacial score (nSPS) is 16.4. The van der Waals surface area contributed by atoms with Gasteiger partial charge in [0, 0.05) is 0 Å². The van der Waals surface area contributed by atoms with Crippen molar-refractivity contribution in [1.29, 1.82) is 0 Å². The summed E-state index contributed by atoms with van der Waals surface area (Å²) in [5, 5.41) is 5.25. The van der Waals surface area contributed by atoms with E-state index < -0.39 is 7.26 Å². The fourth-order valence-electron chi connectivity index (χ4n) is 5.60. The predicted octanol–water partition coefficient (Wildman–Crippen LogP) is 9.11. The summed E-state index contributed by atoms with van der Waals surface area (Å²) in [5.41, 5.74) is 3.76. The minimum atomic E-state index is -2.35. The van der Waals surface area contributed by atoms with Crippen molar-refractivity contribution in [3.05, 3.63) is 148 Å². The molecule has 0 saturated carbocycles. The molecule has 5 aromatic rings. The molecule has 5 heteroatoms. The van der Waals surface area contributed by atoms with Crippen molar-refractivity contribution in [2.45, 2.75) is 13.8 Å². The second-order valence-corrected chi connectivity index (χ2v) is 16.2. The Bertz CT molecular complexity index is 1740. The maximum absolute atomic E-state index is 5.97. The number of benzene rings is 3. The van der Waals surface area contributed by atoms with Gasteiger partial charge in [-0.05, 0) is 0 Å². The molecule has 1 aliphatic rings. The Balaban J connectivity index is 1.75. The molecule has 1 aliphatic heterocycles. The van der Waals surface area contributed by atoms with Crippen LogP contribution in [0.4, 0.5) is 0 Å². The van der Waals surface area contributed by atoms with Crippen LogP contribution in [0.25, 0.3) is 21.0 Å². The fourth-order valence-corrected chi connectivity index (χ4v) is 13.9. The zero-order valence-corrected chi connectivity index (χ0v) is 28.6. The minimum absolute atomic E-state index is 0.626. The Labute approximate surface area is 267 Å². The number of rotatable bonds is 7. The van der Waals surface area contributed by atoms with E-state index in [1.54, 1.807) is 0 Å². The third kappa shape index (κ3) is 5.46. The van der Waals surface area contributed by atoms with Crippen LogP contribution >= 0.6 is 29.9 Å². The molecule has 0 aliphatic carbocycles. The number of thiophene rings is 2. The van der Waals surface area contributed by atoms with Crippen LogP contribution in [0.15, 0.2) is 138 Å². The molecule has 6 rings (SSSR count). The van der Waals surface area contributed by atoms with Crippen molar-refractivity contribution in [3.8, 4) is 4.37 Å². The van der Waals surface area contributed by atoms with Crippen LogP contribution in [-0.4, -0.2) is 13.2 Å². The van der Waals surface area contributed by atoms with Gasteiger partial charge in [-0.3, -0.25) is 0 Å². The molecule has 2 aromatic heterocycles. The van der Waals surface area contributed by atoms with Crippen LogP contribution in [0.3, 0.4) is 0 Å². The van der Waals surface area contributed by atoms with Crippen LogP contribution in [0.5, 0.6) is 0 Å². The Morgan fingerprint density at radius 2 is 1.31 bits per heavy atom. The third-order valence-corrected chi connectivity index (χ3v) is 15.2. The second-order valence-electron chi connectivity index (χ2n) is 9.99. The molecule has 0 amide bonds. The molecule has 1 fully saturated rings. The molecule has 1 nitrogen and oxygen atoms in total. The number of ether oxygens (including phenoxy) is 1. The van der Waals surface area contributed by atoms with Crippen molar-refractivity contribution in [3.63, 3.8) is 0 Å². The number of fused-ring (bicyclic) bond motifs is 1. The predicted molar refractivity (Wildman–Crippen MR) is 183 cm³/mol. The summed E-state index contributed by atoms with van der Waals surface area (Å²) in [6.07, 6.45) is 8.91. The molecule has 0 N–H and O–H groups in total. The third-order valence-electron chi connectivity index (χ3n) is 7.52. The summed E-state index contributed by atoms with van der Waals surface area (Å²) in [6.45, 7) is 5.48. The van der Waals surface area contributed by atoms with E-state index in [0.29, 0.717) is 13.2 Å². The van der Waals surface area contributed by atoms with Crippen LogP contribution in [0, 0.1) is 4.37 Å². The zero-order valence-electron chi connectivity index (χ0n) is 23.6. The summed E-state index contributed by atoms with van der Waals surface area (Å²) in [7, 11) is -2.35. The van der Waals surface area contributed by atoms with E-state index >= 15 is 0 Å². The van der Waals surface area contributed by atoms with Crippen LogP contribution in [-0.2, 0) is 22.7 Å². The summed E-state index contributed by atoms with van der Waals surface area (Å²) < 4.78 is 12.5. The molecule has 3 heterocycles. The Hall–Kier alpha value is -2.91. The molecule has 3 aromatic carbocycles. The van der Waals surface area contributed by atoms with E-state index in [1.165, 1.54) is 57.1 Å². The van der Waals surface area contributed by atoms with Gasteiger partial charge >= 0.3 is 269 Å².